The van der Waals surface area contributed by atoms with Gasteiger partial charge in [0.25, 0.3) is 11.5 Å². The van der Waals surface area contributed by atoms with Crippen molar-refractivity contribution >= 4 is 16.9 Å². The van der Waals surface area contributed by atoms with Gasteiger partial charge < -0.3 is 10.2 Å². The van der Waals surface area contributed by atoms with Gasteiger partial charge in [-0.05, 0) is 25.5 Å². The zero-order valence-corrected chi connectivity index (χ0v) is 12.4. The molecule has 1 aliphatic rings. The van der Waals surface area contributed by atoms with E-state index in [4.69, 9.17) is 0 Å². The minimum atomic E-state index is -0.634. The molecule has 0 aromatic carbocycles. The van der Waals surface area contributed by atoms with Crippen molar-refractivity contribution in [2.75, 3.05) is 19.6 Å². The van der Waals surface area contributed by atoms with Gasteiger partial charge in [0.2, 0.25) is 0 Å². The Labute approximate surface area is 125 Å². The van der Waals surface area contributed by atoms with E-state index in [1.165, 1.54) is 0 Å². The van der Waals surface area contributed by atoms with E-state index in [1.807, 2.05) is 6.92 Å². The summed E-state index contributed by atoms with van der Waals surface area (Å²) in [6.45, 7) is 5.66. The van der Waals surface area contributed by atoms with Crippen LogP contribution < -0.4 is 16.6 Å². The van der Waals surface area contributed by atoms with Crippen LogP contribution in [0.2, 0.25) is 0 Å². The molecule has 0 radical (unpaired) electrons. The Bertz CT molecular complexity index is 854. The highest BCUT2D eigenvalue weighted by Gasteiger charge is 2.23. The smallest absolute Gasteiger partial charge is 0.327 e. The molecular weight excluding hydrogens is 286 g/mol. The molecule has 0 bridgehead atoms. The summed E-state index contributed by atoms with van der Waals surface area (Å²) in [5.41, 5.74) is -0.155. The fourth-order valence-corrected chi connectivity index (χ4v) is 2.74. The summed E-state index contributed by atoms with van der Waals surface area (Å²) in [7, 11) is 0. The molecule has 3 N–H and O–H groups in total. The Morgan fingerprint density at radius 1 is 1.36 bits per heavy atom. The molecule has 3 heterocycles. The maximum absolute atomic E-state index is 12.6. The molecule has 0 aliphatic carbocycles. The zero-order chi connectivity index (χ0) is 15.9. The number of aromatic nitrogens is 3. The Hall–Kier alpha value is -2.48. The van der Waals surface area contributed by atoms with Crippen LogP contribution >= 0.6 is 0 Å². The van der Waals surface area contributed by atoms with Crippen molar-refractivity contribution in [1.82, 2.24) is 25.2 Å². The lowest BCUT2D eigenvalue weighted by atomic mass is 10.1. The molecule has 2 aromatic rings. The number of piperazine rings is 1. The number of nitrogens with zero attached hydrogens (tertiary/aromatic N) is 2. The van der Waals surface area contributed by atoms with Crippen molar-refractivity contribution in [2.24, 2.45) is 0 Å². The molecule has 2 aromatic heterocycles. The van der Waals surface area contributed by atoms with Crippen molar-refractivity contribution in [3.63, 3.8) is 0 Å². The molecule has 1 unspecified atom stereocenters. The lowest BCUT2D eigenvalue weighted by molar-refractivity contribution is 0.0703. The van der Waals surface area contributed by atoms with Gasteiger partial charge in [0.15, 0.2) is 0 Å². The summed E-state index contributed by atoms with van der Waals surface area (Å²) in [5.74, 6) is -0.195. The number of pyridine rings is 1. The van der Waals surface area contributed by atoms with Gasteiger partial charge in [0.1, 0.15) is 11.3 Å². The van der Waals surface area contributed by atoms with Crippen molar-refractivity contribution < 1.29 is 4.79 Å². The Balaban J connectivity index is 2.06. The number of hydrogen-bond acceptors (Lipinski definition) is 5. The Morgan fingerprint density at radius 3 is 2.86 bits per heavy atom. The summed E-state index contributed by atoms with van der Waals surface area (Å²) in [6, 6.07) is 1.81. The second-order valence-electron chi connectivity index (χ2n) is 5.56. The van der Waals surface area contributed by atoms with Crippen LogP contribution in [0, 0.1) is 6.92 Å². The lowest BCUT2D eigenvalue weighted by Crippen LogP contribution is -2.51. The van der Waals surface area contributed by atoms with Crippen molar-refractivity contribution in [2.45, 2.75) is 19.9 Å². The fraction of sp³-hybridized carbons (Fsp3) is 0.429. The number of rotatable bonds is 1. The van der Waals surface area contributed by atoms with E-state index in [0.717, 1.165) is 6.54 Å². The lowest BCUT2D eigenvalue weighted by Gasteiger charge is -2.31. The number of aromatic amines is 2. The summed E-state index contributed by atoms with van der Waals surface area (Å²) in [5, 5.41) is 3.56. The summed E-state index contributed by atoms with van der Waals surface area (Å²) < 4.78 is 0. The molecule has 1 amide bonds. The average Bonchev–Trinajstić information content (AvgIpc) is 2.45. The molecule has 22 heavy (non-hydrogen) atoms. The van der Waals surface area contributed by atoms with Crippen LogP contribution in [-0.2, 0) is 0 Å². The number of carbonyl (C=O) groups excluding carboxylic acids is 1. The van der Waals surface area contributed by atoms with Crippen LogP contribution in [0.25, 0.3) is 11.0 Å². The van der Waals surface area contributed by atoms with Gasteiger partial charge in [0.05, 0.1) is 5.39 Å². The highest BCUT2D eigenvalue weighted by Crippen LogP contribution is 2.13. The quantitative estimate of drug-likeness (QED) is 0.648. The number of fused-ring (bicyclic) bond motifs is 1. The molecule has 0 saturated carbocycles. The fourth-order valence-electron chi connectivity index (χ4n) is 2.74. The third kappa shape index (κ3) is 2.52. The van der Waals surface area contributed by atoms with Crippen LogP contribution in [0.15, 0.2) is 15.7 Å². The predicted octanol–water partition coefficient (Wildman–Crippen LogP) is -0.646. The molecule has 8 heteroatoms. The first-order valence-corrected chi connectivity index (χ1v) is 7.12. The van der Waals surface area contributed by atoms with E-state index in [2.05, 4.69) is 20.3 Å². The largest absolute Gasteiger partial charge is 0.334 e. The number of carbonyl (C=O) groups is 1. The van der Waals surface area contributed by atoms with Gasteiger partial charge in [-0.1, -0.05) is 0 Å². The second-order valence-corrected chi connectivity index (χ2v) is 5.56. The third-order valence-electron chi connectivity index (χ3n) is 3.78. The summed E-state index contributed by atoms with van der Waals surface area (Å²) >= 11 is 0. The van der Waals surface area contributed by atoms with E-state index < -0.39 is 11.2 Å². The molecule has 1 fully saturated rings. The van der Waals surface area contributed by atoms with Gasteiger partial charge in [-0.15, -0.1) is 0 Å². The number of nitrogens with one attached hydrogen (secondary N) is 3. The molecule has 1 saturated heterocycles. The van der Waals surface area contributed by atoms with Crippen LogP contribution in [0.3, 0.4) is 0 Å². The molecule has 1 atom stereocenters. The maximum Gasteiger partial charge on any atom is 0.327 e. The highest BCUT2D eigenvalue weighted by atomic mass is 16.2. The molecule has 0 spiro atoms. The van der Waals surface area contributed by atoms with Gasteiger partial charge in [0, 0.05) is 25.7 Å². The molecule has 3 rings (SSSR count). The van der Waals surface area contributed by atoms with Crippen molar-refractivity contribution in [3.05, 3.63) is 38.2 Å². The Kier molecular flexibility index (Phi) is 3.53. The first-order valence-electron chi connectivity index (χ1n) is 7.12. The zero-order valence-electron chi connectivity index (χ0n) is 12.4. The first kappa shape index (κ1) is 14.5. The van der Waals surface area contributed by atoms with Crippen LogP contribution in [0.1, 0.15) is 23.0 Å². The van der Waals surface area contributed by atoms with Crippen molar-refractivity contribution in [1.29, 1.82) is 0 Å². The molecular formula is C14H17N5O3. The van der Waals surface area contributed by atoms with Crippen molar-refractivity contribution in [3.8, 4) is 0 Å². The van der Waals surface area contributed by atoms with E-state index in [1.54, 1.807) is 17.9 Å². The number of hydrogen-bond donors (Lipinski definition) is 3. The monoisotopic (exact) mass is 303 g/mol. The van der Waals surface area contributed by atoms with Gasteiger partial charge in [-0.3, -0.25) is 19.6 Å². The van der Waals surface area contributed by atoms with E-state index >= 15 is 0 Å². The summed E-state index contributed by atoms with van der Waals surface area (Å²) in [4.78, 5) is 46.3. The molecule has 1 aliphatic heterocycles. The van der Waals surface area contributed by atoms with Gasteiger partial charge in [-0.2, -0.15) is 0 Å². The maximum atomic E-state index is 12.6. The standard InChI is InChI=1S/C14H17N5O3/c1-7-5-9(13(21)19-4-3-15-8(2)6-19)16-11-10(7)12(20)18-14(22)17-11/h5,8,15H,3-4,6H2,1-2H3,(H2,16,17,18,20,22). The van der Waals surface area contributed by atoms with E-state index in [9.17, 15) is 14.4 Å². The minimum Gasteiger partial charge on any atom is -0.334 e. The van der Waals surface area contributed by atoms with Gasteiger partial charge >= 0.3 is 5.69 Å². The third-order valence-corrected chi connectivity index (χ3v) is 3.78. The van der Waals surface area contributed by atoms with E-state index in [-0.39, 0.29) is 23.3 Å². The summed E-state index contributed by atoms with van der Waals surface area (Å²) in [6.07, 6.45) is 0. The average molecular weight is 303 g/mol. The topological polar surface area (TPSA) is 111 Å². The Morgan fingerprint density at radius 2 is 2.14 bits per heavy atom. The first-order chi connectivity index (χ1) is 10.5. The second kappa shape index (κ2) is 5.38. The van der Waals surface area contributed by atoms with Crippen LogP contribution in [0.5, 0.6) is 0 Å². The SMILES string of the molecule is Cc1cc(C(=O)N2CCNC(C)C2)nc2[nH]c(=O)[nH]c(=O)c12. The van der Waals surface area contributed by atoms with Crippen LogP contribution in [0.4, 0.5) is 0 Å². The van der Waals surface area contributed by atoms with E-state index in [0.29, 0.717) is 24.0 Å². The molecule has 116 valence electrons. The number of aryl methyl sites for hydroxylation is 1. The number of amides is 1. The molecule has 8 nitrogen and oxygen atoms in total. The number of H-pyrrole nitrogens is 2. The van der Waals surface area contributed by atoms with Gasteiger partial charge in [-0.25, -0.2) is 9.78 Å². The minimum absolute atomic E-state index is 0.139. The predicted molar refractivity (Wildman–Crippen MR) is 81.1 cm³/mol. The van der Waals surface area contributed by atoms with Crippen LogP contribution in [-0.4, -0.2) is 51.4 Å². The normalized spacial score (nSPS) is 18.6. The highest BCUT2D eigenvalue weighted by molar-refractivity contribution is 5.95.